The summed E-state index contributed by atoms with van der Waals surface area (Å²) < 4.78 is 31.5. The van der Waals surface area contributed by atoms with Crippen molar-refractivity contribution in [2.24, 2.45) is 0 Å². The molecule has 1 aliphatic heterocycles. The third kappa shape index (κ3) is 4.95. The normalized spacial score (nSPS) is 14.6. The monoisotopic (exact) mass is 485 g/mol. The van der Waals surface area contributed by atoms with Crippen LogP contribution in [-0.2, 0) is 19.6 Å². The third-order valence-electron chi connectivity index (χ3n) is 5.11. The summed E-state index contributed by atoms with van der Waals surface area (Å²) in [4.78, 5) is 27.8. The van der Waals surface area contributed by atoms with E-state index in [0.717, 1.165) is 10.6 Å². The molecule has 0 aliphatic carbocycles. The number of ketones is 1. The standard InChI is InChI=1S/C23H23N3O5S2/c1-4-26(5-2)33(29,30)17-12-10-16(11-13-17)23(28)31-15-20(27)18(14-24)22-25(3)19-8-6-7-9-21(19)32-22/h6-13H,4-5,15H2,1-3H3. The number of rotatable bonds is 8. The number of hydrogen-bond acceptors (Lipinski definition) is 8. The van der Waals surface area contributed by atoms with Crippen molar-refractivity contribution >= 4 is 39.2 Å². The van der Waals surface area contributed by atoms with Gasteiger partial charge in [0.1, 0.15) is 16.7 Å². The van der Waals surface area contributed by atoms with Crippen LogP contribution >= 0.6 is 11.8 Å². The maximum atomic E-state index is 12.6. The second-order valence-corrected chi connectivity index (χ2v) is 10.0. The van der Waals surface area contributed by atoms with Crippen molar-refractivity contribution in [2.45, 2.75) is 23.6 Å². The van der Waals surface area contributed by atoms with E-state index >= 15 is 0 Å². The number of nitriles is 1. The highest BCUT2D eigenvalue weighted by Gasteiger charge is 2.28. The lowest BCUT2D eigenvalue weighted by molar-refractivity contribution is -0.118. The van der Waals surface area contributed by atoms with Crippen molar-refractivity contribution in [3.05, 3.63) is 64.7 Å². The molecule has 0 radical (unpaired) electrons. The van der Waals surface area contributed by atoms with Crippen molar-refractivity contribution < 1.29 is 22.7 Å². The number of para-hydroxylation sites is 1. The van der Waals surface area contributed by atoms with Gasteiger partial charge >= 0.3 is 5.97 Å². The average Bonchev–Trinajstić information content (AvgIpc) is 3.15. The number of benzene rings is 2. The molecular weight excluding hydrogens is 462 g/mol. The average molecular weight is 486 g/mol. The molecule has 2 aromatic rings. The van der Waals surface area contributed by atoms with Gasteiger partial charge in [-0.1, -0.05) is 37.7 Å². The van der Waals surface area contributed by atoms with E-state index in [0.29, 0.717) is 18.1 Å². The van der Waals surface area contributed by atoms with Crippen molar-refractivity contribution in [2.75, 3.05) is 31.6 Å². The number of carbonyl (C=O) groups excluding carboxylic acids is 2. The number of Topliss-reactive ketones (excluding diaryl/α,β-unsaturated/α-hetero) is 1. The zero-order chi connectivity index (χ0) is 24.2. The van der Waals surface area contributed by atoms with Gasteiger partial charge in [0.15, 0.2) is 6.61 Å². The van der Waals surface area contributed by atoms with Crippen molar-refractivity contribution in [1.29, 1.82) is 5.26 Å². The number of nitrogens with zero attached hydrogens (tertiary/aromatic N) is 3. The van der Waals surface area contributed by atoms with E-state index < -0.39 is 28.4 Å². The first-order valence-electron chi connectivity index (χ1n) is 10.2. The molecule has 0 fully saturated rings. The van der Waals surface area contributed by atoms with Gasteiger partial charge in [0, 0.05) is 25.0 Å². The summed E-state index contributed by atoms with van der Waals surface area (Å²) in [6.07, 6.45) is 0. The Balaban J connectivity index is 1.70. The van der Waals surface area contributed by atoms with Crippen LogP contribution in [0.4, 0.5) is 5.69 Å². The molecule has 0 saturated carbocycles. The highest BCUT2D eigenvalue weighted by atomic mass is 32.2. The molecular formula is C23H23N3O5S2. The first-order chi connectivity index (χ1) is 15.7. The number of thioether (sulfide) groups is 1. The molecule has 0 amide bonds. The summed E-state index contributed by atoms with van der Waals surface area (Å²) in [5.41, 5.74) is 0.897. The molecule has 3 rings (SSSR count). The van der Waals surface area contributed by atoms with Crippen LogP contribution in [0.25, 0.3) is 0 Å². The topological polar surface area (TPSA) is 108 Å². The maximum Gasteiger partial charge on any atom is 0.338 e. The minimum Gasteiger partial charge on any atom is -0.454 e. The molecule has 0 unspecified atom stereocenters. The maximum absolute atomic E-state index is 12.6. The Bertz CT molecular complexity index is 1240. The summed E-state index contributed by atoms with van der Waals surface area (Å²) in [6.45, 7) is 3.56. The van der Waals surface area contributed by atoms with Crippen molar-refractivity contribution in [3.8, 4) is 6.07 Å². The van der Waals surface area contributed by atoms with Gasteiger partial charge in [-0.05, 0) is 36.4 Å². The van der Waals surface area contributed by atoms with Crippen LogP contribution in [0.3, 0.4) is 0 Å². The van der Waals surface area contributed by atoms with Crippen LogP contribution in [0.15, 0.2) is 68.9 Å². The largest absolute Gasteiger partial charge is 0.454 e. The fourth-order valence-corrected chi connectivity index (χ4v) is 5.93. The molecule has 0 N–H and O–H groups in total. The zero-order valence-corrected chi connectivity index (χ0v) is 20.1. The van der Waals surface area contributed by atoms with Crippen LogP contribution in [0.1, 0.15) is 24.2 Å². The number of esters is 1. The molecule has 0 spiro atoms. The summed E-state index contributed by atoms with van der Waals surface area (Å²) in [5, 5.41) is 10.0. The Labute approximate surface area is 197 Å². The summed E-state index contributed by atoms with van der Waals surface area (Å²) in [6, 6.07) is 14.8. The molecule has 0 saturated heterocycles. The number of anilines is 1. The Hall–Kier alpha value is -3.13. The SMILES string of the molecule is CCN(CC)S(=O)(=O)c1ccc(C(=O)OCC(=O)C(C#N)=C2Sc3ccccc3N2C)cc1. The molecule has 0 bridgehead atoms. The Morgan fingerprint density at radius 3 is 2.30 bits per heavy atom. The fraction of sp³-hybridized carbons (Fsp3) is 0.261. The van der Waals surface area contributed by atoms with E-state index in [9.17, 15) is 23.3 Å². The number of ether oxygens (including phenoxy) is 1. The van der Waals surface area contributed by atoms with E-state index in [-0.39, 0.29) is 16.0 Å². The van der Waals surface area contributed by atoms with Gasteiger partial charge < -0.3 is 9.64 Å². The Morgan fingerprint density at radius 1 is 1.09 bits per heavy atom. The summed E-state index contributed by atoms with van der Waals surface area (Å²) in [5.74, 6) is -1.40. The molecule has 33 heavy (non-hydrogen) atoms. The minimum atomic E-state index is -3.64. The van der Waals surface area contributed by atoms with Gasteiger partial charge in [-0.3, -0.25) is 4.79 Å². The van der Waals surface area contributed by atoms with Crippen LogP contribution in [0.2, 0.25) is 0 Å². The van der Waals surface area contributed by atoms with Crippen LogP contribution < -0.4 is 4.90 Å². The predicted octanol–water partition coefficient (Wildman–Crippen LogP) is 3.42. The summed E-state index contributed by atoms with van der Waals surface area (Å²) in [7, 11) is -1.88. The van der Waals surface area contributed by atoms with E-state index in [4.69, 9.17) is 4.74 Å². The van der Waals surface area contributed by atoms with Gasteiger partial charge in [-0.2, -0.15) is 9.57 Å². The molecule has 8 nitrogen and oxygen atoms in total. The quantitative estimate of drug-likeness (QED) is 0.318. The summed E-state index contributed by atoms with van der Waals surface area (Å²) >= 11 is 1.31. The minimum absolute atomic E-state index is 0.0659. The molecule has 1 aliphatic rings. The van der Waals surface area contributed by atoms with Gasteiger partial charge in [-0.25, -0.2) is 13.2 Å². The van der Waals surface area contributed by atoms with Crippen molar-refractivity contribution in [1.82, 2.24) is 4.31 Å². The Kier molecular flexibility index (Phi) is 7.58. The number of sulfonamides is 1. The lowest BCUT2D eigenvalue weighted by atomic mass is 10.2. The van der Waals surface area contributed by atoms with E-state index in [1.165, 1.54) is 40.3 Å². The lowest BCUT2D eigenvalue weighted by Crippen LogP contribution is -2.30. The number of carbonyl (C=O) groups is 2. The molecule has 0 aromatic heterocycles. The molecule has 0 atom stereocenters. The van der Waals surface area contributed by atoms with Crippen LogP contribution in [0, 0.1) is 11.3 Å². The fourth-order valence-electron chi connectivity index (χ4n) is 3.31. The van der Waals surface area contributed by atoms with E-state index in [1.807, 2.05) is 30.3 Å². The number of hydrogen-bond donors (Lipinski definition) is 0. The predicted molar refractivity (Wildman–Crippen MR) is 125 cm³/mol. The first kappa shape index (κ1) is 24.5. The lowest BCUT2D eigenvalue weighted by Gasteiger charge is -2.18. The Morgan fingerprint density at radius 2 is 1.73 bits per heavy atom. The van der Waals surface area contributed by atoms with Crippen LogP contribution in [-0.4, -0.2) is 51.2 Å². The molecule has 1 heterocycles. The van der Waals surface area contributed by atoms with Gasteiger partial charge in [0.05, 0.1) is 16.1 Å². The van der Waals surface area contributed by atoms with Gasteiger partial charge in [-0.15, -0.1) is 0 Å². The first-order valence-corrected chi connectivity index (χ1v) is 12.5. The number of fused-ring (bicyclic) bond motifs is 1. The van der Waals surface area contributed by atoms with Gasteiger partial charge in [0.2, 0.25) is 15.8 Å². The smallest absolute Gasteiger partial charge is 0.338 e. The van der Waals surface area contributed by atoms with Crippen LogP contribution in [0.5, 0.6) is 0 Å². The second kappa shape index (κ2) is 10.2. The van der Waals surface area contributed by atoms with Gasteiger partial charge in [0.25, 0.3) is 0 Å². The van der Waals surface area contributed by atoms with E-state index in [1.54, 1.807) is 25.8 Å². The van der Waals surface area contributed by atoms with E-state index in [2.05, 4.69) is 0 Å². The molecule has 2 aromatic carbocycles. The van der Waals surface area contributed by atoms with Crippen molar-refractivity contribution in [3.63, 3.8) is 0 Å². The zero-order valence-electron chi connectivity index (χ0n) is 18.4. The highest BCUT2D eigenvalue weighted by Crippen LogP contribution is 2.46. The third-order valence-corrected chi connectivity index (χ3v) is 8.41. The highest BCUT2D eigenvalue weighted by molar-refractivity contribution is 8.03. The molecule has 172 valence electrons. The molecule has 10 heteroatoms. The second-order valence-electron chi connectivity index (χ2n) is 7.03.